The van der Waals surface area contributed by atoms with E-state index in [0.29, 0.717) is 30.2 Å². The normalized spacial score (nSPS) is 17.5. The molecular weight excluding hydrogens is 579 g/mol. The molecule has 2 heterocycles. The molecular formula is C26H27IN2O5S. The van der Waals surface area contributed by atoms with Crippen LogP contribution in [-0.2, 0) is 22.6 Å². The summed E-state index contributed by atoms with van der Waals surface area (Å²) in [7, 11) is 1.57. The molecule has 35 heavy (non-hydrogen) atoms. The molecule has 184 valence electrons. The first-order valence-electron chi connectivity index (χ1n) is 11.4. The van der Waals surface area contributed by atoms with E-state index in [-0.39, 0.29) is 23.5 Å². The SMILES string of the molecule is CC[C@H](C)Oc1c(I)cc(/C=C2\SC(=O)N(CC(=O)N3CCc4ccccc4C3)C2=O)cc1OC. The smallest absolute Gasteiger partial charge is 0.294 e. The minimum atomic E-state index is -0.459. The van der Waals surface area contributed by atoms with Gasteiger partial charge in [-0.1, -0.05) is 31.2 Å². The van der Waals surface area contributed by atoms with Gasteiger partial charge in [0.25, 0.3) is 11.1 Å². The molecule has 1 fully saturated rings. The van der Waals surface area contributed by atoms with Crippen molar-refractivity contribution in [2.24, 2.45) is 0 Å². The van der Waals surface area contributed by atoms with Crippen LogP contribution in [0.2, 0.25) is 0 Å². The van der Waals surface area contributed by atoms with Gasteiger partial charge in [0.15, 0.2) is 11.5 Å². The molecule has 1 saturated heterocycles. The fourth-order valence-corrected chi connectivity index (χ4v) is 5.54. The van der Waals surface area contributed by atoms with E-state index in [1.54, 1.807) is 24.2 Å². The molecule has 0 N–H and O–H groups in total. The van der Waals surface area contributed by atoms with E-state index in [1.807, 2.05) is 38.1 Å². The molecule has 0 aliphatic carbocycles. The van der Waals surface area contributed by atoms with Gasteiger partial charge in [-0.3, -0.25) is 19.3 Å². The first-order valence-corrected chi connectivity index (χ1v) is 13.3. The standard InChI is InChI=1S/C26H27IN2O5S/c1-4-16(2)34-24-20(27)11-17(12-21(24)33-3)13-22-25(31)29(26(32)35-22)15-23(30)28-10-9-18-7-5-6-8-19(18)14-28/h5-8,11-13,16H,4,9-10,14-15H2,1-3H3/b22-13-/t16-/m0/s1. The number of nitrogens with zero attached hydrogens (tertiary/aromatic N) is 2. The van der Waals surface area contributed by atoms with Gasteiger partial charge >= 0.3 is 0 Å². The topological polar surface area (TPSA) is 76.2 Å². The molecule has 1 atom stereocenters. The summed E-state index contributed by atoms with van der Waals surface area (Å²) in [5, 5.41) is -0.439. The van der Waals surface area contributed by atoms with Crippen molar-refractivity contribution in [3.8, 4) is 11.5 Å². The van der Waals surface area contributed by atoms with E-state index in [4.69, 9.17) is 9.47 Å². The second kappa shape index (κ2) is 11.0. The molecule has 2 aliphatic heterocycles. The summed E-state index contributed by atoms with van der Waals surface area (Å²) in [6.45, 7) is 4.84. The van der Waals surface area contributed by atoms with Crippen LogP contribution in [0.5, 0.6) is 11.5 Å². The number of hydrogen-bond donors (Lipinski definition) is 0. The molecule has 2 aromatic rings. The lowest BCUT2D eigenvalue weighted by Gasteiger charge is -2.29. The van der Waals surface area contributed by atoms with Crippen LogP contribution in [0.1, 0.15) is 37.0 Å². The van der Waals surface area contributed by atoms with Gasteiger partial charge in [0.1, 0.15) is 6.54 Å². The van der Waals surface area contributed by atoms with Gasteiger partial charge in [0, 0.05) is 13.1 Å². The number of carbonyl (C=O) groups excluding carboxylic acids is 3. The van der Waals surface area contributed by atoms with E-state index in [0.717, 1.165) is 38.6 Å². The summed E-state index contributed by atoms with van der Waals surface area (Å²) < 4.78 is 12.3. The predicted molar refractivity (Wildman–Crippen MR) is 144 cm³/mol. The molecule has 0 bridgehead atoms. The lowest BCUT2D eigenvalue weighted by molar-refractivity contribution is -0.136. The molecule has 2 aliphatic rings. The highest BCUT2D eigenvalue weighted by Crippen LogP contribution is 2.38. The van der Waals surface area contributed by atoms with Crippen LogP contribution in [0.4, 0.5) is 4.79 Å². The molecule has 0 spiro atoms. The first kappa shape index (κ1) is 25.6. The van der Waals surface area contributed by atoms with Crippen molar-refractivity contribution in [3.63, 3.8) is 0 Å². The van der Waals surface area contributed by atoms with Crippen molar-refractivity contribution >= 4 is 57.5 Å². The zero-order valence-electron chi connectivity index (χ0n) is 19.9. The number of carbonyl (C=O) groups is 3. The van der Waals surface area contributed by atoms with Crippen molar-refractivity contribution in [1.82, 2.24) is 9.80 Å². The van der Waals surface area contributed by atoms with Crippen LogP contribution >= 0.6 is 34.4 Å². The Morgan fingerprint density at radius 2 is 1.97 bits per heavy atom. The van der Waals surface area contributed by atoms with E-state index >= 15 is 0 Å². The first-order chi connectivity index (χ1) is 16.8. The van der Waals surface area contributed by atoms with Crippen molar-refractivity contribution in [1.29, 1.82) is 0 Å². The zero-order valence-corrected chi connectivity index (χ0v) is 22.9. The number of ether oxygens (including phenoxy) is 2. The number of fused-ring (bicyclic) bond motifs is 1. The third kappa shape index (κ3) is 5.66. The van der Waals surface area contributed by atoms with Gasteiger partial charge in [0.05, 0.1) is 21.7 Å². The highest BCUT2D eigenvalue weighted by Gasteiger charge is 2.37. The molecule has 0 aromatic heterocycles. The van der Waals surface area contributed by atoms with Crippen LogP contribution in [0.3, 0.4) is 0 Å². The van der Waals surface area contributed by atoms with Gasteiger partial charge in [-0.2, -0.15) is 0 Å². The highest BCUT2D eigenvalue weighted by molar-refractivity contribution is 14.1. The van der Waals surface area contributed by atoms with Crippen molar-refractivity contribution in [2.75, 3.05) is 20.2 Å². The third-order valence-corrected chi connectivity index (χ3v) is 7.80. The summed E-state index contributed by atoms with van der Waals surface area (Å²) >= 11 is 3.02. The fourth-order valence-electron chi connectivity index (χ4n) is 3.95. The quantitative estimate of drug-likeness (QED) is 0.323. The van der Waals surface area contributed by atoms with Gasteiger partial charge in [-0.15, -0.1) is 0 Å². The second-order valence-electron chi connectivity index (χ2n) is 8.47. The molecule has 3 amide bonds. The lowest BCUT2D eigenvalue weighted by atomic mass is 10.00. The number of halogens is 1. The monoisotopic (exact) mass is 606 g/mol. The number of imide groups is 1. The maximum Gasteiger partial charge on any atom is 0.294 e. The Labute approximate surface area is 223 Å². The van der Waals surface area contributed by atoms with E-state index < -0.39 is 11.1 Å². The Hall–Kier alpha value is -2.53. The Morgan fingerprint density at radius 3 is 2.69 bits per heavy atom. The Morgan fingerprint density at radius 1 is 1.23 bits per heavy atom. The van der Waals surface area contributed by atoms with Gasteiger partial charge in [0.2, 0.25) is 5.91 Å². The predicted octanol–water partition coefficient (Wildman–Crippen LogP) is 5.10. The molecule has 4 rings (SSSR count). The summed E-state index contributed by atoms with van der Waals surface area (Å²) in [6.07, 6.45) is 3.31. The maximum atomic E-state index is 13.0. The second-order valence-corrected chi connectivity index (χ2v) is 10.6. The van der Waals surface area contributed by atoms with Gasteiger partial charge in [-0.25, -0.2) is 0 Å². The average Bonchev–Trinajstić information content (AvgIpc) is 3.12. The number of amides is 3. The van der Waals surface area contributed by atoms with Crippen LogP contribution < -0.4 is 9.47 Å². The molecule has 9 heteroatoms. The molecule has 0 unspecified atom stereocenters. The highest BCUT2D eigenvalue weighted by atomic mass is 127. The minimum absolute atomic E-state index is 0.0330. The molecule has 7 nitrogen and oxygen atoms in total. The third-order valence-electron chi connectivity index (χ3n) is 6.09. The lowest BCUT2D eigenvalue weighted by Crippen LogP contribution is -2.44. The van der Waals surface area contributed by atoms with Gasteiger partial charge < -0.3 is 14.4 Å². The number of hydrogen-bond acceptors (Lipinski definition) is 6. The van der Waals surface area contributed by atoms with E-state index in [9.17, 15) is 14.4 Å². The van der Waals surface area contributed by atoms with Crippen molar-refractivity contribution in [3.05, 3.63) is 61.6 Å². The minimum Gasteiger partial charge on any atom is -0.493 e. The Balaban J connectivity index is 1.48. The Kier molecular flexibility index (Phi) is 8.05. The van der Waals surface area contributed by atoms with Gasteiger partial charge in [-0.05, 0) is 89.0 Å². The van der Waals surface area contributed by atoms with Crippen molar-refractivity contribution in [2.45, 2.75) is 39.3 Å². The fraction of sp³-hybridized carbons (Fsp3) is 0.346. The number of rotatable bonds is 7. The van der Waals surface area contributed by atoms with Crippen LogP contribution in [0.15, 0.2) is 41.3 Å². The number of benzene rings is 2. The summed E-state index contributed by atoms with van der Waals surface area (Å²) in [5.74, 6) is 0.523. The molecule has 0 radical (unpaired) electrons. The zero-order chi connectivity index (χ0) is 25.1. The van der Waals surface area contributed by atoms with Crippen LogP contribution in [0.25, 0.3) is 6.08 Å². The largest absolute Gasteiger partial charge is 0.493 e. The van der Waals surface area contributed by atoms with Crippen LogP contribution in [-0.4, -0.2) is 53.2 Å². The van der Waals surface area contributed by atoms with Crippen LogP contribution in [0, 0.1) is 3.57 Å². The Bertz CT molecular complexity index is 1200. The van der Waals surface area contributed by atoms with E-state index in [1.165, 1.54) is 5.56 Å². The number of methoxy groups -OCH3 is 1. The number of thioether (sulfide) groups is 1. The summed E-state index contributed by atoms with van der Waals surface area (Å²) in [5.41, 5.74) is 3.05. The van der Waals surface area contributed by atoms with E-state index in [2.05, 4.69) is 28.7 Å². The molecule has 0 saturated carbocycles. The summed E-state index contributed by atoms with van der Waals surface area (Å²) in [6, 6.07) is 11.7. The average molecular weight is 606 g/mol. The summed E-state index contributed by atoms with van der Waals surface area (Å²) in [4.78, 5) is 41.6. The maximum absolute atomic E-state index is 13.0. The molecule has 2 aromatic carbocycles. The van der Waals surface area contributed by atoms with Crippen molar-refractivity contribution < 1.29 is 23.9 Å².